The van der Waals surface area contributed by atoms with Gasteiger partial charge in [0.05, 0.1) is 10.4 Å². The molecular formula is C16H20N2O5S. The number of esters is 1. The number of hydrogen-bond acceptors (Lipinski definition) is 6. The van der Waals surface area contributed by atoms with Crippen LogP contribution >= 0.6 is 11.3 Å². The molecule has 1 atom stereocenters. The highest BCUT2D eigenvalue weighted by Crippen LogP contribution is 2.32. The van der Waals surface area contributed by atoms with Crippen LogP contribution in [-0.4, -0.2) is 40.6 Å². The van der Waals surface area contributed by atoms with E-state index in [9.17, 15) is 19.2 Å². The van der Waals surface area contributed by atoms with Gasteiger partial charge in [-0.15, -0.1) is 11.3 Å². The number of thiophene rings is 1. The van der Waals surface area contributed by atoms with Gasteiger partial charge in [0.15, 0.2) is 6.29 Å². The summed E-state index contributed by atoms with van der Waals surface area (Å²) in [6.45, 7) is 5.39. The number of rotatable bonds is 6. The van der Waals surface area contributed by atoms with Gasteiger partial charge in [-0.3, -0.25) is 19.2 Å². The molecule has 0 saturated carbocycles. The zero-order valence-corrected chi connectivity index (χ0v) is 14.6. The number of amides is 2. The summed E-state index contributed by atoms with van der Waals surface area (Å²) in [6, 6.07) is -0.915. The minimum absolute atomic E-state index is 0.0258. The fourth-order valence-electron chi connectivity index (χ4n) is 2.59. The standard InChI is InChI=1S/C16H20N2O5S/c1-16(2,3)23-13(20)5-4-11(14(17)21)18-6-9-10(15(18)22)8-24-12(9)7-19/h7-8,11H,4-6H2,1-3H3,(H2,17,21)/t11-/m0/s1. The third-order valence-electron chi connectivity index (χ3n) is 3.60. The maximum atomic E-state index is 12.4. The van der Waals surface area contributed by atoms with E-state index in [-0.39, 0.29) is 25.3 Å². The van der Waals surface area contributed by atoms with Gasteiger partial charge in [0.1, 0.15) is 11.6 Å². The van der Waals surface area contributed by atoms with Crippen molar-refractivity contribution in [1.29, 1.82) is 0 Å². The number of carbonyl (C=O) groups is 4. The predicted molar refractivity (Wildman–Crippen MR) is 87.6 cm³/mol. The van der Waals surface area contributed by atoms with Crippen molar-refractivity contribution < 1.29 is 23.9 Å². The first-order valence-electron chi connectivity index (χ1n) is 7.51. The second kappa shape index (κ2) is 6.72. The van der Waals surface area contributed by atoms with Crippen LogP contribution in [0.15, 0.2) is 5.38 Å². The van der Waals surface area contributed by atoms with E-state index in [1.807, 2.05) is 0 Å². The lowest BCUT2D eigenvalue weighted by Gasteiger charge is -2.26. The molecule has 0 fully saturated rings. The first kappa shape index (κ1) is 18.1. The van der Waals surface area contributed by atoms with Crippen molar-refractivity contribution in [2.45, 2.75) is 51.8 Å². The molecule has 1 aliphatic heterocycles. The predicted octanol–water partition coefficient (Wildman–Crippen LogP) is 1.49. The monoisotopic (exact) mass is 352 g/mol. The molecule has 0 bridgehead atoms. The molecule has 0 saturated heterocycles. The van der Waals surface area contributed by atoms with Gasteiger partial charge in [-0.1, -0.05) is 0 Å². The molecule has 2 heterocycles. The van der Waals surface area contributed by atoms with Crippen molar-refractivity contribution in [3.63, 3.8) is 0 Å². The molecule has 1 aliphatic rings. The normalized spacial score (nSPS) is 15.1. The van der Waals surface area contributed by atoms with Gasteiger partial charge in [-0.25, -0.2) is 0 Å². The highest BCUT2D eigenvalue weighted by molar-refractivity contribution is 7.12. The Morgan fingerprint density at radius 1 is 1.46 bits per heavy atom. The SMILES string of the molecule is CC(C)(C)OC(=O)CC[C@@H](C(N)=O)N1Cc2c(csc2C=O)C1=O. The van der Waals surface area contributed by atoms with Crippen LogP contribution in [0.2, 0.25) is 0 Å². The molecule has 0 spiro atoms. The van der Waals surface area contributed by atoms with Crippen molar-refractivity contribution >= 4 is 35.4 Å². The van der Waals surface area contributed by atoms with Crippen LogP contribution in [-0.2, 0) is 20.9 Å². The van der Waals surface area contributed by atoms with E-state index < -0.39 is 23.5 Å². The lowest BCUT2D eigenvalue weighted by atomic mass is 10.1. The lowest BCUT2D eigenvalue weighted by molar-refractivity contribution is -0.155. The van der Waals surface area contributed by atoms with Gasteiger partial charge < -0.3 is 15.4 Å². The molecule has 8 heteroatoms. The van der Waals surface area contributed by atoms with Crippen LogP contribution in [0.5, 0.6) is 0 Å². The lowest BCUT2D eigenvalue weighted by Crippen LogP contribution is -2.45. The number of aldehydes is 1. The first-order chi connectivity index (χ1) is 11.1. The molecule has 2 rings (SSSR count). The Bertz CT molecular complexity index is 689. The van der Waals surface area contributed by atoms with E-state index in [1.165, 1.54) is 16.2 Å². The summed E-state index contributed by atoms with van der Waals surface area (Å²) in [4.78, 5) is 48.8. The Morgan fingerprint density at radius 3 is 2.67 bits per heavy atom. The average molecular weight is 352 g/mol. The molecule has 130 valence electrons. The summed E-state index contributed by atoms with van der Waals surface area (Å²) in [7, 11) is 0. The van der Waals surface area contributed by atoms with Gasteiger partial charge in [0.2, 0.25) is 5.91 Å². The van der Waals surface area contributed by atoms with Crippen LogP contribution in [0.1, 0.15) is 59.2 Å². The quantitative estimate of drug-likeness (QED) is 0.616. The number of nitrogens with zero attached hydrogens (tertiary/aromatic N) is 1. The Morgan fingerprint density at radius 2 is 2.12 bits per heavy atom. The molecule has 0 unspecified atom stereocenters. The second-order valence-corrected chi connectivity index (χ2v) is 7.50. The van der Waals surface area contributed by atoms with Crippen molar-refractivity contribution in [2.75, 3.05) is 0 Å². The molecule has 1 aromatic heterocycles. The Hall–Kier alpha value is -2.22. The summed E-state index contributed by atoms with van der Waals surface area (Å²) in [6.07, 6.45) is 0.752. The van der Waals surface area contributed by atoms with E-state index in [1.54, 1.807) is 26.2 Å². The van der Waals surface area contributed by atoms with Crippen molar-refractivity contribution in [3.05, 3.63) is 21.4 Å². The number of primary amides is 1. The molecule has 2 N–H and O–H groups in total. The smallest absolute Gasteiger partial charge is 0.306 e. The molecule has 2 amide bonds. The van der Waals surface area contributed by atoms with E-state index in [0.29, 0.717) is 22.3 Å². The molecule has 0 aromatic carbocycles. The number of ether oxygens (including phenoxy) is 1. The van der Waals surface area contributed by atoms with E-state index in [4.69, 9.17) is 10.5 Å². The van der Waals surface area contributed by atoms with Gasteiger partial charge in [-0.2, -0.15) is 0 Å². The number of hydrogen-bond donors (Lipinski definition) is 1. The van der Waals surface area contributed by atoms with E-state index in [0.717, 1.165) is 0 Å². The van der Waals surface area contributed by atoms with Crippen molar-refractivity contribution in [2.24, 2.45) is 5.73 Å². The summed E-state index contributed by atoms with van der Waals surface area (Å²) >= 11 is 1.20. The van der Waals surface area contributed by atoms with E-state index in [2.05, 4.69) is 0 Å². The number of nitrogens with two attached hydrogens (primary N) is 1. The molecule has 24 heavy (non-hydrogen) atoms. The topological polar surface area (TPSA) is 107 Å². The zero-order chi connectivity index (χ0) is 18.1. The van der Waals surface area contributed by atoms with Crippen LogP contribution in [0, 0.1) is 0 Å². The Labute approximate surface area is 143 Å². The van der Waals surface area contributed by atoms with Gasteiger partial charge in [0, 0.05) is 23.9 Å². The molecule has 0 radical (unpaired) electrons. The fraction of sp³-hybridized carbons (Fsp3) is 0.500. The Kier molecular flexibility index (Phi) is 5.08. The molecule has 1 aromatic rings. The fourth-order valence-corrected chi connectivity index (χ4v) is 3.45. The maximum Gasteiger partial charge on any atom is 0.306 e. The van der Waals surface area contributed by atoms with Crippen LogP contribution in [0.4, 0.5) is 0 Å². The summed E-state index contributed by atoms with van der Waals surface area (Å²) in [5, 5.41) is 1.60. The van der Waals surface area contributed by atoms with E-state index >= 15 is 0 Å². The minimum atomic E-state index is -0.915. The van der Waals surface area contributed by atoms with Gasteiger partial charge in [-0.05, 0) is 27.2 Å². The third-order valence-corrected chi connectivity index (χ3v) is 4.55. The third kappa shape index (κ3) is 3.81. The summed E-state index contributed by atoms with van der Waals surface area (Å²) in [5.41, 5.74) is 5.83. The highest BCUT2D eigenvalue weighted by atomic mass is 32.1. The van der Waals surface area contributed by atoms with Crippen molar-refractivity contribution in [3.8, 4) is 0 Å². The average Bonchev–Trinajstić information content (AvgIpc) is 2.98. The van der Waals surface area contributed by atoms with Gasteiger partial charge in [0.25, 0.3) is 5.91 Å². The molecule has 7 nitrogen and oxygen atoms in total. The second-order valence-electron chi connectivity index (χ2n) is 6.59. The summed E-state index contributed by atoms with van der Waals surface area (Å²) < 4.78 is 5.20. The van der Waals surface area contributed by atoms with Crippen molar-refractivity contribution in [1.82, 2.24) is 4.90 Å². The van der Waals surface area contributed by atoms with Crippen LogP contribution in [0.3, 0.4) is 0 Å². The highest BCUT2D eigenvalue weighted by Gasteiger charge is 2.37. The largest absolute Gasteiger partial charge is 0.460 e. The van der Waals surface area contributed by atoms with Crippen LogP contribution < -0.4 is 5.73 Å². The molecular weight excluding hydrogens is 332 g/mol. The first-order valence-corrected chi connectivity index (χ1v) is 8.39. The minimum Gasteiger partial charge on any atom is -0.460 e. The summed E-state index contributed by atoms with van der Waals surface area (Å²) in [5.74, 6) is -1.49. The number of carbonyl (C=O) groups excluding carboxylic acids is 4. The Balaban J connectivity index is 2.08. The number of fused-ring (bicyclic) bond motifs is 1. The van der Waals surface area contributed by atoms with Crippen LogP contribution in [0.25, 0.3) is 0 Å². The maximum absolute atomic E-state index is 12.4. The van der Waals surface area contributed by atoms with Gasteiger partial charge >= 0.3 is 5.97 Å². The zero-order valence-electron chi connectivity index (χ0n) is 13.8. The molecule has 0 aliphatic carbocycles.